The van der Waals surface area contributed by atoms with Crippen molar-refractivity contribution in [1.82, 2.24) is 0 Å². The molecular formula is C22H26O6. The topological polar surface area (TPSA) is 78.9 Å². The Kier molecular flexibility index (Phi) is 3.94. The number of allylic oxidation sites excluding steroid dienone is 4. The third-order valence-electron chi connectivity index (χ3n) is 7.84. The molecular weight excluding hydrogens is 360 g/mol. The van der Waals surface area contributed by atoms with E-state index in [1.807, 2.05) is 19.9 Å². The molecule has 5 rings (SSSR count). The summed E-state index contributed by atoms with van der Waals surface area (Å²) in [6.07, 6.45) is 6.91. The zero-order valence-corrected chi connectivity index (χ0v) is 16.7. The number of cyclic esters (lactones) is 1. The lowest BCUT2D eigenvalue weighted by atomic mass is 9.36. The van der Waals surface area contributed by atoms with Gasteiger partial charge >= 0.3 is 11.9 Å². The van der Waals surface area contributed by atoms with Crippen molar-refractivity contribution in [3.8, 4) is 0 Å². The predicted octanol–water partition coefficient (Wildman–Crippen LogP) is 2.94. The molecule has 2 bridgehead atoms. The standard InChI is InChI=1S/C22H26O6/c1-6-20(2)8-7-15-21(3,19(25)27-5)13-9-12-10-16(26-4)28-18(24)17(20)22(12,15)11-14(13)23/h6,9-10,13,15,17H,1,7-8,11H2,2-5H3/t13-,15+,17+,20+,21-,22+/m1/s1. The lowest BCUT2D eigenvalue weighted by Crippen LogP contribution is -2.67. The Morgan fingerprint density at radius 1 is 1.32 bits per heavy atom. The highest BCUT2D eigenvalue weighted by atomic mass is 16.7. The van der Waals surface area contributed by atoms with Crippen LogP contribution in [-0.2, 0) is 28.6 Å². The van der Waals surface area contributed by atoms with E-state index < -0.39 is 40.0 Å². The second-order valence-electron chi connectivity index (χ2n) is 8.88. The molecule has 4 aliphatic carbocycles. The number of Topliss-reactive ketones (excluding diaryl/α,β-unsaturated/α-hetero) is 1. The summed E-state index contributed by atoms with van der Waals surface area (Å²) in [6, 6.07) is 0. The Bertz CT molecular complexity index is 853. The van der Waals surface area contributed by atoms with Crippen LogP contribution < -0.4 is 0 Å². The highest BCUT2D eigenvalue weighted by molar-refractivity contribution is 5.96. The number of methoxy groups -OCH3 is 2. The molecule has 0 unspecified atom stereocenters. The van der Waals surface area contributed by atoms with E-state index in [2.05, 4.69) is 6.58 Å². The molecule has 2 saturated carbocycles. The number of ether oxygens (including phenoxy) is 3. The third-order valence-corrected chi connectivity index (χ3v) is 7.84. The highest BCUT2D eigenvalue weighted by Gasteiger charge is 2.73. The molecule has 150 valence electrons. The summed E-state index contributed by atoms with van der Waals surface area (Å²) in [6.45, 7) is 7.77. The van der Waals surface area contributed by atoms with Crippen molar-refractivity contribution < 1.29 is 28.6 Å². The van der Waals surface area contributed by atoms with Gasteiger partial charge < -0.3 is 14.2 Å². The first kappa shape index (κ1) is 19.0. The SMILES string of the molecule is C=C[C@@]1(C)CC[C@H]2[C@](C)(C(=O)OC)[C@@H]3C=C4C=C(OC)OC(=O)[C@@H]1[C@@]42CC3=O. The van der Waals surface area contributed by atoms with Gasteiger partial charge in [-0.1, -0.05) is 19.1 Å². The van der Waals surface area contributed by atoms with Crippen LogP contribution in [0.25, 0.3) is 0 Å². The molecule has 0 radical (unpaired) electrons. The number of fused-ring (bicyclic) bond motifs is 1. The van der Waals surface area contributed by atoms with Crippen molar-refractivity contribution >= 4 is 17.7 Å². The smallest absolute Gasteiger partial charge is 0.318 e. The minimum Gasteiger partial charge on any atom is -0.469 e. The van der Waals surface area contributed by atoms with Crippen molar-refractivity contribution in [1.29, 1.82) is 0 Å². The minimum atomic E-state index is -1.01. The van der Waals surface area contributed by atoms with Gasteiger partial charge in [0.2, 0.25) is 0 Å². The van der Waals surface area contributed by atoms with E-state index in [9.17, 15) is 14.4 Å². The average Bonchev–Trinajstić information content (AvgIpc) is 2.79. The summed E-state index contributed by atoms with van der Waals surface area (Å²) in [5.41, 5.74) is -1.57. The van der Waals surface area contributed by atoms with Crippen LogP contribution in [0, 0.1) is 34.0 Å². The van der Waals surface area contributed by atoms with Crippen molar-refractivity contribution in [3.05, 3.63) is 36.3 Å². The zero-order chi connectivity index (χ0) is 20.5. The summed E-state index contributed by atoms with van der Waals surface area (Å²) in [7, 11) is 2.79. The fraction of sp³-hybridized carbons (Fsp3) is 0.591. The van der Waals surface area contributed by atoms with Crippen LogP contribution in [-0.4, -0.2) is 31.9 Å². The summed E-state index contributed by atoms with van der Waals surface area (Å²) in [4.78, 5) is 39.4. The number of rotatable bonds is 3. The monoisotopic (exact) mass is 386 g/mol. The van der Waals surface area contributed by atoms with Crippen LogP contribution in [0.15, 0.2) is 36.3 Å². The van der Waals surface area contributed by atoms with Crippen LogP contribution in [0.3, 0.4) is 0 Å². The molecule has 6 nitrogen and oxygen atoms in total. The van der Waals surface area contributed by atoms with E-state index in [0.29, 0.717) is 12.8 Å². The van der Waals surface area contributed by atoms with E-state index in [-0.39, 0.29) is 24.1 Å². The molecule has 6 atom stereocenters. The Hall–Kier alpha value is -2.37. The molecule has 0 saturated heterocycles. The maximum Gasteiger partial charge on any atom is 0.318 e. The molecule has 2 fully saturated rings. The first-order valence-corrected chi connectivity index (χ1v) is 9.63. The first-order valence-electron chi connectivity index (χ1n) is 9.63. The minimum absolute atomic E-state index is 0.0340. The van der Waals surface area contributed by atoms with E-state index in [0.717, 1.165) is 5.57 Å². The van der Waals surface area contributed by atoms with Gasteiger partial charge in [0.1, 0.15) is 5.78 Å². The summed E-state index contributed by atoms with van der Waals surface area (Å²) in [5.74, 6) is -2.20. The molecule has 0 aromatic carbocycles. The van der Waals surface area contributed by atoms with Crippen molar-refractivity contribution in [2.75, 3.05) is 14.2 Å². The maximum atomic E-state index is 13.3. The molecule has 0 N–H and O–H groups in total. The fourth-order valence-electron chi connectivity index (χ4n) is 6.51. The van der Waals surface area contributed by atoms with Gasteiger partial charge in [-0.25, -0.2) is 0 Å². The van der Waals surface area contributed by atoms with Crippen LogP contribution in [0.1, 0.15) is 33.1 Å². The number of ketones is 1. The number of hydrogen-bond acceptors (Lipinski definition) is 6. The van der Waals surface area contributed by atoms with Gasteiger partial charge in [-0.05, 0) is 36.7 Å². The van der Waals surface area contributed by atoms with E-state index in [1.54, 1.807) is 12.2 Å². The molecule has 5 aliphatic rings. The molecule has 1 spiro atoms. The number of carbonyl (C=O) groups is 3. The second kappa shape index (κ2) is 5.82. The van der Waals surface area contributed by atoms with Crippen LogP contribution >= 0.6 is 0 Å². The molecule has 0 aromatic heterocycles. The lowest BCUT2D eigenvalue weighted by molar-refractivity contribution is -0.194. The van der Waals surface area contributed by atoms with Crippen LogP contribution in [0.2, 0.25) is 0 Å². The molecule has 6 heteroatoms. The maximum absolute atomic E-state index is 13.3. The normalized spacial score (nSPS) is 43.8. The quantitative estimate of drug-likeness (QED) is 0.548. The Balaban J connectivity index is 2.05. The largest absolute Gasteiger partial charge is 0.469 e. The average molecular weight is 386 g/mol. The Morgan fingerprint density at radius 2 is 2.04 bits per heavy atom. The van der Waals surface area contributed by atoms with E-state index in [1.165, 1.54) is 14.2 Å². The van der Waals surface area contributed by atoms with E-state index in [4.69, 9.17) is 14.2 Å². The summed E-state index contributed by atoms with van der Waals surface area (Å²) < 4.78 is 16.0. The second-order valence-corrected chi connectivity index (χ2v) is 8.88. The molecule has 0 aromatic rings. The highest BCUT2D eigenvalue weighted by Crippen LogP contribution is 2.71. The number of carbonyl (C=O) groups excluding carboxylic acids is 3. The first-order chi connectivity index (χ1) is 13.2. The van der Waals surface area contributed by atoms with Crippen LogP contribution in [0.5, 0.6) is 0 Å². The van der Waals surface area contributed by atoms with Gasteiger partial charge in [0.05, 0.1) is 31.5 Å². The van der Waals surface area contributed by atoms with Crippen molar-refractivity contribution in [2.45, 2.75) is 33.1 Å². The van der Waals surface area contributed by atoms with Crippen LogP contribution in [0.4, 0.5) is 0 Å². The molecule has 28 heavy (non-hydrogen) atoms. The van der Waals surface area contributed by atoms with Gasteiger partial charge in [0.15, 0.2) is 0 Å². The third kappa shape index (κ3) is 2.01. The fourth-order valence-corrected chi connectivity index (χ4v) is 6.51. The van der Waals surface area contributed by atoms with Gasteiger partial charge in [-0.2, -0.15) is 0 Å². The van der Waals surface area contributed by atoms with Gasteiger partial charge in [-0.15, -0.1) is 6.58 Å². The predicted molar refractivity (Wildman–Crippen MR) is 99.5 cm³/mol. The number of esters is 2. The Morgan fingerprint density at radius 3 is 2.64 bits per heavy atom. The zero-order valence-electron chi connectivity index (χ0n) is 16.7. The molecule has 1 heterocycles. The van der Waals surface area contributed by atoms with Crippen molar-refractivity contribution in [2.24, 2.45) is 34.0 Å². The van der Waals surface area contributed by atoms with Crippen molar-refractivity contribution in [3.63, 3.8) is 0 Å². The Labute approximate surface area is 164 Å². The van der Waals surface area contributed by atoms with Gasteiger partial charge in [0.25, 0.3) is 5.95 Å². The van der Waals surface area contributed by atoms with Gasteiger partial charge in [-0.3, -0.25) is 14.4 Å². The summed E-state index contributed by atoms with van der Waals surface area (Å²) in [5, 5.41) is 0. The lowest BCUT2D eigenvalue weighted by Gasteiger charge is -2.65. The summed E-state index contributed by atoms with van der Waals surface area (Å²) >= 11 is 0. The molecule has 0 amide bonds. The number of hydrogen-bond donors (Lipinski definition) is 0. The van der Waals surface area contributed by atoms with E-state index >= 15 is 0 Å². The molecule has 1 aliphatic heterocycles. The van der Waals surface area contributed by atoms with Gasteiger partial charge in [0, 0.05) is 17.9 Å².